The molecule has 1 atom stereocenters. The second-order valence-electron chi connectivity index (χ2n) is 6.37. The summed E-state index contributed by atoms with van der Waals surface area (Å²) in [6, 6.07) is 7.55. The summed E-state index contributed by atoms with van der Waals surface area (Å²) in [7, 11) is 0. The molecule has 1 amide bonds. The number of ether oxygens (including phenoxy) is 2. The van der Waals surface area contributed by atoms with Gasteiger partial charge in [-0.1, -0.05) is 11.8 Å². The average Bonchev–Trinajstić information content (AvgIpc) is 3.23. The molecule has 0 radical (unpaired) electrons. The maximum atomic E-state index is 12.1. The lowest BCUT2D eigenvalue weighted by molar-refractivity contribution is -0.119. The van der Waals surface area contributed by atoms with Crippen molar-refractivity contribution in [3.8, 4) is 29.0 Å². The predicted octanol–water partition coefficient (Wildman–Crippen LogP) is 2.37. The maximum absolute atomic E-state index is 12.1. The zero-order valence-corrected chi connectivity index (χ0v) is 14.8. The van der Waals surface area contributed by atoms with Crippen molar-refractivity contribution in [1.82, 2.24) is 15.5 Å². The topological polar surface area (TPSA) is 110 Å². The molecule has 0 saturated heterocycles. The molecule has 1 aliphatic heterocycles. The summed E-state index contributed by atoms with van der Waals surface area (Å²) in [6.07, 6.45) is 1.94. The van der Waals surface area contributed by atoms with Gasteiger partial charge < -0.3 is 19.2 Å². The number of rotatable bonds is 6. The summed E-state index contributed by atoms with van der Waals surface area (Å²) in [5.74, 6) is 1.76. The molecule has 4 rings (SSSR count). The highest BCUT2D eigenvalue weighted by Crippen LogP contribution is 2.39. The zero-order valence-electron chi connectivity index (χ0n) is 14.0. The normalized spacial score (nSPS) is 17.4. The third-order valence-electron chi connectivity index (χ3n) is 4.38. The molecule has 8 nitrogen and oxygen atoms in total. The average molecular weight is 372 g/mol. The quantitative estimate of drug-likeness (QED) is 0.770. The first-order chi connectivity index (χ1) is 12.6. The molecule has 2 aliphatic rings. The fraction of sp³-hybridized carbons (Fsp3) is 0.412. The fourth-order valence-corrected chi connectivity index (χ4v) is 3.31. The number of nitrogens with zero attached hydrogens (tertiary/aromatic N) is 3. The number of hydrogen-bond donors (Lipinski definition) is 1. The first kappa shape index (κ1) is 16.7. The van der Waals surface area contributed by atoms with Crippen LogP contribution in [0.15, 0.2) is 27.8 Å². The molecular formula is C17H16N4O4S. The molecule has 1 saturated carbocycles. The van der Waals surface area contributed by atoms with Gasteiger partial charge in [0.05, 0.1) is 11.8 Å². The first-order valence-electron chi connectivity index (χ1n) is 8.16. The van der Waals surface area contributed by atoms with Crippen molar-refractivity contribution in [1.29, 1.82) is 5.26 Å². The summed E-state index contributed by atoms with van der Waals surface area (Å²) >= 11 is 1.14. The number of aromatic nitrogens is 2. The number of fused-ring (bicyclic) bond motifs is 1. The van der Waals surface area contributed by atoms with Crippen molar-refractivity contribution in [2.75, 3.05) is 12.5 Å². The summed E-state index contributed by atoms with van der Waals surface area (Å²) in [4.78, 5) is 12.1. The van der Waals surface area contributed by atoms with E-state index >= 15 is 0 Å². The van der Waals surface area contributed by atoms with Crippen LogP contribution >= 0.6 is 11.8 Å². The molecule has 2 aromatic rings. The molecular weight excluding hydrogens is 356 g/mol. The van der Waals surface area contributed by atoms with Gasteiger partial charge >= 0.3 is 0 Å². The Kier molecular flexibility index (Phi) is 4.20. The zero-order chi connectivity index (χ0) is 18.1. The van der Waals surface area contributed by atoms with Gasteiger partial charge in [-0.2, -0.15) is 5.26 Å². The van der Waals surface area contributed by atoms with Crippen LogP contribution in [0.3, 0.4) is 0 Å². The summed E-state index contributed by atoms with van der Waals surface area (Å²) in [5.41, 5.74) is -0.0896. The van der Waals surface area contributed by atoms with Crippen molar-refractivity contribution in [3.05, 3.63) is 18.2 Å². The molecule has 0 bridgehead atoms. The lowest BCUT2D eigenvalue weighted by Crippen LogP contribution is -2.47. The Morgan fingerprint density at radius 3 is 2.96 bits per heavy atom. The molecule has 26 heavy (non-hydrogen) atoms. The molecule has 1 fully saturated rings. The molecule has 1 aromatic heterocycles. The van der Waals surface area contributed by atoms with Crippen LogP contribution in [0.1, 0.15) is 19.8 Å². The maximum Gasteiger partial charge on any atom is 0.277 e. The summed E-state index contributed by atoms with van der Waals surface area (Å²) in [6.45, 7) is 1.96. The van der Waals surface area contributed by atoms with Crippen LogP contribution in [0, 0.1) is 17.2 Å². The Morgan fingerprint density at radius 1 is 1.38 bits per heavy atom. The number of carbonyl (C=O) groups excluding carboxylic acids is 1. The van der Waals surface area contributed by atoms with Gasteiger partial charge in [0.15, 0.2) is 11.5 Å². The second kappa shape index (κ2) is 6.53. The predicted molar refractivity (Wildman–Crippen MR) is 91.5 cm³/mol. The minimum atomic E-state index is -0.801. The number of amides is 1. The number of thioether (sulfide) groups is 1. The van der Waals surface area contributed by atoms with Gasteiger partial charge in [-0.05, 0) is 43.9 Å². The summed E-state index contributed by atoms with van der Waals surface area (Å²) in [5, 5.41) is 20.3. The molecule has 0 spiro atoms. The lowest BCUT2D eigenvalue weighted by atomic mass is 9.98. The van der Waals surface area contributed by atoms with Gasteiger partial charge in [0.2, 0.25) is 18.6 Å². The number of carbonyl (C=O) groups is 1. The Labute approximate surface area is 153 Å². The van der Waals surface area contributed by atoms with E-state index < -0.39 is 5.54 Å². The number of hydrogen-bond acceptors (Lipinski definition) is 8. The van der Waals surface area contributed by atoms with Gasteiger partial charge in [-0.25, -0.2) is 0 Å². The van der Waals surface area contributed by atoms with Gasteiger partial charge in [-0.3, -0.25) is 4.79 Å². The van der Waals surface area contributed by atoms with E-state index in [-0.39, 0.29) is 29.6 Å². The smallest absolute Gasteiger partial charge is 0.277 e. The number of nitrogens with one attached hydrogen (secondary N) is 1. The van der Waals surface area contributed by atoms with Crippen molar-refractivity contribution in [3.63, 3.8) is 0 Å². The van der Waals surface area contributed by atoms with E-state index in [0.717, 1.165) is 24.6 Å². The Morgan fingerprint density at radius 2 is 2.19 bits per heavy atom. The molecule has 0 unspecified atom stereocenters. The second-order valence-corrected chi connectivity index (χ2v) is 7.29. The van der Waals surface area contributed by atoms with E-state index in [2.05, 4.69) is 21.6 Å². The highest BCUT2D eigenvalue weighted by molar-refractivity contribution is 7.99. The first-order valence-corrected chi connectivity index (χ1v) is 9.14. The van der Waals surface area contributed by atoms with Crippen molar-refractivity contribution in [2.45, 2.75) is 30.5 Å². The number of nitriles is 1. The minimum Gasteiger partial charge on any atom is -0.454 e. The molecule has 1 N–H and O–H groups in total. The summed E-state index contributed by atoms with van der Waals surface area (Å²) < 4.78 is 16.2. The van der Waals surface area contributed by atoms with Crippen LogP contribution in [0.5, 0.6) is 11.5 Å². The van der Waals surface area contributed by atoms with Crippen molar-refractivity contribution < 1.29 is 18.7 Å². The molecule has 134 valence electrons. The van der Waals surface area contributed by atoms with E-state index in [4.69, 9.17) is 13.9 Å². The minimum absolute atomic E-state index is 0.104. The van der Waals surface area contributed by atoms with Gasteiger partial charge in [-0.15, -0.1) is 10.2 Å². The van der Waals surface area contributed by atoms with E-state index in [1.165, 1.54) is 0 Å². The van der Waals surface area contributed by atoms with E-state index in [0.29, 0.717) is 23.0 Å². The third kappa shape index (κ3) is 3.32. The SMILES string of the molecule is C[C@](C#N)(NC(=O)CSc1nnc(-c2ccc3c(c2)OCO3)o1)C1CC1. The highest BCUT2D eigenvalue weighted by atomic mass is 32.2. The highest BCUT2D eigenvalue weighted by Gasteiger charge is 2.42. The van der Waals surface area contributed by atoms with E-state index in [1.807, 2.05) is 0 Å². The van der Waals surface area contributed by atoms with Crippen LogP contribution in [0.25, 0.3) is 11.5 Å². The molecule has 9 heteroatoms. The van der Waals surface area contributed by atoms with Crippen LogP contribution in [0.2, 0.25) is 0 Å². The molecule has 1 aromatic carbocycles. The van der Waals surface area contributed by atoms with Crippen molar-refractivity contribution >= 4 is 17.7 Å². The van der Waals surface area contributed by atoms with E-state index in [1.54, 1.807) is 25.1 Å². The van der Waals surface area contributed by atoms with E-state index in [9.17, 15) is 10.1 Å². The Balaban J connectivity index is 1.36. The van der Waals surface area contributed by atoms with Crippen LogP contribution in [0.4, 0.5) is 0 Å². The van der Waals surface area contributed by atoms with Crippen LogP contribution < -0.4 is 14.8 Å². The lowest BCUT2D eigenvalue weighted by Gasteiger charge is -2.22. The van der Waals surface area contributed by atoms with Crippen LogP contribution in [-0.2, 0) is 4.79 Å². The Hall–Kier alpha value is -2.73. The molecule has 2 heterocycles. The van der Waals surface area contributed by atoms with Gasteiger partial charge in [0.1, 0.15) is 5.54 Å². The monoisotopic (exact) mass is 372 g/mol. The van der Waals surface area contributed by atoms with Crippen molar-refractivity contribution in [2.24, 2.45) is 5.92 Å². The van der Waals surface area contributed by atoms with Gasteiger partial charge in [0, 0.05) is 5.56 Å². The molecule has 1 aliphatic carbocycles. The Bertz CT molecular complexity index is 889. The number of benzene rings is 1. The third-order valence-corrected chi connectivity index (χ3v) is 5.20. The standard InChI is InChI=1S/C17H16N4O4S/c1-17(8-18,11-3-4-11)19-14(22)7-26-16-21-20-15(25-16)10-2-5-12-13(6-10)24-9-23-12/h2,5-6,11H,3-4,7,9H2,1H3,(H,19,22)/t17-/m1/s1. The fourth-order valence-electron chi connectivity index (χ4n) is 2.75. The largest absolute Gasteiger partial charge is 0.454 e. The van der Waals surface area contributed by atoms with Gasteiger partial charge in [0.25, 0.3) is 5.22 Å². The van der Waals surface area contributed by atoms with Crippen LogP contribution in [-0.4, -0.2) is 34.2 Å².